The number of carboxylic acid groups (broad SMARTS) is 1. The lowest BCUT2D eigenvalue weighted by Crippen LogP contribution is -2.11. The molecule has 0 fully saturated rings. The number of aliphatic carboxylic acids is 1. The van der Waals surface area contributed by atoms with Crippen LogP contribution in [0.3, 0.4) is 0 Å². The summed E-state index contributed by atoms with van der Waals surface area (Å²) < 4.78 is 1.67. The van der Waals surface area contributed by atoms with E-state index >= 15 is 0 Å². The maximum absolute atomic E-state index is 10.8. The number of carboxylic acids is 1. The number of aliphatic imine (C=N–C) groups is 2. The molecule has 8 heteroatoms. The third-order valence-electron chi connectivity index (χ3n) is 5.48. The standard InChI is InChI=1S/C27H31N5O3/c1-3-29-27(28)30-19(2)32-26(21-13-8-5-9-14-21)23(18-17-22(33)15-10-16-24(34)35)25(31-32)20-11-6-4-7-12-20/h3-9,11-14,22,33H,2,10,15-18H2,1H3,(H2,28,30)(H,34,35)/b29-3-/t22-/m0/s1. The lowest BCUT2D eigenvalue weighted by Gasteiger charge is -2.13. The second kappa shape index (κ2) is 12.4. The molecule has 182 valence electrons. The van der Waals surface area contributed by atoms with Gasteiger partial charge in [-0.1, -0.05) is 67.2 Å². The van der Waals surface area contributed by atoms with E-state index in [9.17, 15) is 9.90 Å². The molecule has 3 rings (SSSR count). The number of aliphatic hydroxyl groups is 1. The second-order valence-corrected chi connectivity index (χ2v) is 8.07. The molecule has 0 aliphatic carbocycles. The van der Waals surface area contributed by atoms with Crippen molar-refractivity contribution < 1.29 is 15.0 Å². The van der Waals surface area contributed by atoms with Crippen LogP contribution in [-0.2, 0) is 11.2 Å². The molecule has 0 spiro atoms. The van der Waals surface area contributed by atoms with Crippen LogP contribution in [0.2, 0.25) is 0 Å². The van der Waals surface area contributed by atoms with Crippen molar-refractivity contribution in [1.29, 1.82) is 0 Å². The number of hydrogen-bond acceptors (Lipinski definition) is 4. The van der Waals surface area contributed by atoms with Crippen LogP contribution >= 0.6 is 0 Å². The van der Waals surface area contributed by atoms with Crippen LogP contribution in [0, 0.1) is 0 Å². The summed E-state index contributed by atoms with van der Waals surface area (Å²) in [5.74, 6) is -0.469. The van der Waals surface area contributed by atoms with E-state index in [0.29, 0.717) is 31.5 Å². The van der Waals surface area contributed by atoms with Gasteiger partial charge in [-0.15, -0.1) is 0 Å². The van der Waals surface area contributed by atoms with E-state index in [1.807, 2.05) is 60.7 Å². The number of carbonyl (C=O) groups is 1. The number of benzene rings is 2. The fourth-order valence-corrected chi connectivity index (χ4v) is 3.88. The van der Waals surface area contributed by atoms with Crippen LogP contribution in [0.4, 0.5) is 0 Å². The second-order valence-electron chi connectivity index (χ2n) is 8.07. The molecule has 8 nitrogen and oxygen atoms in total. The maximum Gasteiger partial charge on any atom is 0.303 e. The smallest absolute Gasteiger partial charge is 0.303 e. The zero-order valence-electron chi connectivity index (χ0n) is 19.8. The predicted octanol–water partition coefficient (Wildman–Crippen LogP) is 4.60. The van der Waals surface area contributed by atoms with Gasteiger partial charge in [0, 0.05) is 29.3 Å². The van der Waals surface area contributed by atoms with Crippen molar-refractivity contribution in [3.63, 3.8) is 0 Å². The van der Waals surface area contributed by atoms with Gasteiger partial charge in [-0.05, 0) is 32.6 Å². The number of nitrogens with two attached hydrogens (primary N) is 1. The van der Waals surface area contributed by atoms with Gasteiger partial charge in [0.2, 0.25) is 5.96 Å². The molecule has 0 bridgehead atoms. The Labute approximate surface area is 205 Å². The Hall–Kier alpha value is -4.04. The molecule has 1 atom stereocenters. The molecular weight excluding hydrogens is 442 g/mol. The van der Waals surface area contributed by atoms with E-state index in [1.165, 1.54) is 0 Å². The van der Waals surface area contributed by atoms with Crippen molar-refractivity contribution in [3.05, 3.63) is 72.8 Å². The molecule has 0 aliphatic rings. The van der Waals surface area contributed by atoms with Crippen LogP contribution in [-0.4, -0.2) is 44.2 Å². The highest BCUT2D eigenvalue weighted by Crippen LogP contribution is 2.35. The number of guanidine groups is 1. The van der Waals surface area contributed by atoms with Gasteiger partial charge in [0.1, 0.15) is 0 Å². The lowest BCUT2D eigenvalue weighted by atomic mass is 9.96. The highest BCUT2D eigenvalue weighted by Gasteiger charge is 2.22. The van der Waals surface area contributed by atoms with Crippen LogP contribution in [0.15, 0.2) is 77.2 Å². The number of hydrogen-bond donors (Lipinski definition) is 3. The highest BCUT2D eigenvalue weighted by atomic mass is 16.4. The van der Waals surface area contributed by atoms with Gasteiger partial charge in [0.05, 0.1) is 17.5 Å². The van der Waals surface area contributed by atoms with Crippen molar-refractivity contribution in [1.82, 2.24) is 9.78 Å². The van der Waals surface area contributed by atoms with Crippen LogP contribution in [0.25, 0.3) is 28.3 Å². The monoisotopic (exact) mass is 473 g/mol. The summed E-state index contributed by atoms with van der Waals surface area (Å²) >= 11 is 0. The molecule has 0 aliphatic heterocycles. The Morgan fingerprint density at radius 3 is 2.34 bits per heavy atom. The Morgan fingerprint density at radius 2 is 1.74 bits per heavy atom. The summed E-state index contributed by atoms with van der Waals surface area (Å²) in [5, 5.41) is 24.3. The van der Waals surface area contributed by atoms with Gasteiger partial charge in [-0.25, -0.2) is 9.67 Å². The minimum atomic E-state index is -0.859. The zero-order chi connectivity index (χ0) is 25.2. The normalized spacial score (nSPS) is 12.7. The molecule has 4 N–H and O–H groups in total. The van der Waals surface area contributed by atoms with Gasteiger partial charge in [-0.2, -0.15) is 10.1 Å². The fraction of sp³-hybridized carbons (Fsp3) is 0.259. The quantitative estimate of drug-likeness (QED) is 0.277. The number of aliphatic hydroxyl groups excluding tert-OH is 1. The van der Waals surface area contributed by atoms with E-state index in [0.717, 1.165) is 28.1 Å². The first kappa shape index (κ1) is 25.6. The average Bonchev–Trinajstić information content (AvgIpc) is 3.23. The SMILES string of the molecule is C=C(/N=C(N)\N=C/C)n1nc(-c2ccccc2)c(CC[C@@H](O)CCCC(=O)O)c1-c1ccccc1. The van der Waals surface area contributed by atoms with Gasteiger partial charge in [0.25, 0.3) is 0 Å². The molecule has 0 amide bonds. The lowest BCUT2D eigenvalue weighted by molar-refractivity contribution is -0.137. The van der Waals surface area contributed by atoms with E-state index in [1.54, 1.807) is 17.8 Å². The van der Waals surface area contributed by atoms with Crippen LogP contribution < -0.4 is 5.73 Å². The van der Waals surface area contributed by atoms with E-state index < -0.39 is 12.1 Å². The van der Waals surface area contributed by atoms with Crippen molar-refractivity contribution in [2.24, 2.45) is 15.7 Å². The Morgan fingerprint density at radius 1 is 1.11 bits per heavy atom. The minimum absolute atomic E-state index is 0.0407. The van der Waals surface area contributed by atoms with Crippen molar-refractivity contribution in [2.75, 3.05) is 0 Å². The first-order chi connectivity index (χ1) is 16.9. The summed E-state index contributed by atoms with van der Waals surface area (Å²) in [4.78, 5) is 19.1. The van der Waals surface area contributed by atoms with Crippen LogP contribution in [0.1, 0.15) is 38.2 Å². The third-order valence-corrected chi connectivity index (χ3v) is 5.48. The molecule has 2 aromatic carbocycles. The first-order valence-corrected chi connectivity index (χ1v) is 11.6. The molecule has 0 unspecified atom stereocenters. The van der Waals surface area contributed by atoms with E-state index in [4.69, 9.17) is 15.9 Å². The van der Waals surface area contributed by atoms with Gasteiger partial charge in [-0.3, -0.25) is 4.79 Å². The molecular formula is C27H31N5O3. The largest absolute Gasteiger partial charge is 0.481 e. The van der Waals surface area contributed by atoms with Crippen molar-refractivity contribution >= 4 is 24.0 Å². The molecule has 1 heterocycles. The third kappa shape index (κ3) is 6.97. The minimum Gasteiger partial charge on any atom is -0.481 e. The summed E-state index contributed by atoms with van der Waals surface area (Å²) in [6.07, 6.45) is 2.81. The molecule has 0 saturated heterocycles. The summed E-state index contributed by atoms with van der Waals surface area (Å²) in [6.45, 7) is 5.84. The predicted molar refractivity (Wildman–Crippen MR) is 140 cm³/mol. The fourth-order valence-electron chi connectivity index (χ4n) is 3.88. The Bertz CT molecular complexity index is 1200. The summed E-state index contributed by atoms with van der Waals surface area (Å²) in [5.41, 5.74) is 10.3. The van der Waals surface area contributed by atoms with Gasteiger partial charge >= 0.3 is 5.97 Å². The van der Waals surface area contributed by atoms with Gasteiger partial charge < -0.3 is 15.9 Å². The zero-order valence-corrected chi connectivity index (χ0v) is 19.8. The van der Waals surface area contributed by atoms with Crippen LogP contribution in [0.5, 0.6) is 0 Å². The summed E-state index contributed by atoms with van der Waals surface area (Å²) in [7, 11) is 0. The average molecular weight is 474 g/mol. The maximum atomic E-state index is 10.8. The first-order valence-electron chi connectivity index (χ1n) is 11.6. The molecule has 0 radical (unpaired) electrons. The van der Waals surface area contributed by atoms with Gasteiger partial charge in [0.15, 0.2) is 5.82 Å². The number of nitrogens with zero attached hydrogens (tertiary/aromatic N) is 4. The number of aromatic nitrogens is 2. The molecule has 3 aromatic rings. The van der Waals surface area contributed by atoms with E-state index in [-0.39, 0.29) is 12.4 Å². The molecule has 35 heavy (non-hydrogen) atoms. The number of rotatable bonds is 11. The Balaban J connectivity index is 2.08. The van der Waals surface area contributed by atoms with Crippen molar-refractivity contribution in [2.45, 2.75) is 45.1 Å². The molecule has 1 aromatic heterocycles. The topological polar surface area (TPSA) is 126 Å². The molecule has 0 saturated carbocycles. The Kier molecular flexibility index (Phi) is 9.09. The highest BCUT2D eigenvalue weighted by molar-refractivity contribution is 5.89. The van der Waals surface area contributed by atoms with Crippen molar-refractivity contribution in [3.8, 4) is 22.5 Å². The summed E-state index contributed by atoms with van der Waals surface area (Å²) in [6, 6.07) is 19.6. The van der Waals surface area contributed by atoms with E-state index in [2.05, 4.69) is 16.6 Å².